The van der Waals surface area contributed by atoms with Gasteiger partial charge < -0.3 is 14.1 Å². The Hall–Kier alpha value is 0.270. The number of hydrogen-bond acceptors (Lipinski definition) is 6. The van der Waals surface area contributed by atoms with Crippen molar-refractivity contribution >= 4 is 32.4 Å². The molecule has 0 aliphatic heterocycles. The zero-order valence-electron chi connectivity index (χ0n) is 5.03. The van der Waals surface area contributed by atoms with Gasteiger partial charge in [-0.1, -0.05) is 11.3 Å². The third-order valence-electron chi connectivity index (χ3n) is 0.495. The molecule has 0 amide bonds. The molecule has 0 aromatic carbocycles. The number of anilines is 1. The molecule has 0 radical (unpaired) electrons. The largest absolute Gasteiger partial charge is 0.433 e. The number of nitrogens with zero attached hydrogens (tertiary/aromatic N) is 1. The second-order valence-electron chi connectivity index (χ2n) is 1.20. The molecular weight excluding hydrogens is 304 g/mol. The predicted octanol–water partition coefficient (Wildman–Crippen LogP) is -1.45. The molecule has 0 spiro atoms. The topological polar surface area (TPSA) is 105 Å². The number of rotatable bonds is 0. The second-order valence-corrected chi connectivity index (χ2v) is 4.49. The lowest BCUT2D eigenvalue weighted by Gasteiger charge is -1.69. The highest BCUT2D eigenvalue weighted by molar-refractivity contribution is 9.11. The molecule has 1 aromatic heterocycles. The van der Waals surface area contributed by atoms with Gasteiger partial charge >= 0.3 is 14.8 Å². The fourth-order valence-electron chi connectivity index (χ4n) is 0.267. The van der Waals surface area contributed by atoms with Crippen molar-refractivity contribution < 1.29 is 27.4 Å². The van der Waals surface area contributed by atoms with Gasteiger partial charge in [0.1, 0.15) is 0 Å². The molecule has 1 rings (SSSR count). The molecular formula is C3H4Br2N2O3S. The van der Waals surface area contributed by atoms with E-state index in [1.807, 2.05) is 0 Å². The van der Waals surface area contributed by atoms with Crippen LogP contribution in [0, 0.1) is 14.8 Å². The summed E-state index contributed by atoms with van der Waals surface area (Å²) in [6, 6.07) is 0. The van der Waals surface area contributed by atoms with E-state index in [-0.39, 0.29) is 0 Å². The van der Waals surface area contributed by atoms with Crippen LogP contribution in [0.1, 0.15) is 0 Å². The van der Waals surface area contributed by atoms with Crippen LogP contribution in [-0.4, -0.2) is 9.18 Å². The number of nitrogens with two attached hydrogens (primary N) is 1. The van der Waals surface area contributed by atoms with Crippen LogP contribution >= 0.6 is 27.3 Å². The van der Waals surface area contributed by atoms with E-state index in [0.717, 1.165) is 3.79 Å². The first-order chi connectivity index (χ1) is 5.02. The minimum Gasteiger partial charge on any atom is -0.375 e. The Morgan fingerprint density at radius 3 is 2.27 bits per heavy atom. The molecule has 0 unspecified atom stereocenters. The lowest BCUT2D eigenvalue weighted by Crippen LogP contribution is -2.30. The fraction of sp³-hybridized carbons (Fsp3) is 0. The standard InChI is InChI=1S/C3H3BrN2S.BrHO3/c4-2-1-6-3(5)7-2;2-1(3)4/h1H,(H2,5,6);2H. The van der Waals surface area contributed by atoms with E-state index >= 15 is 0 Å². The summed E-state index contributed by atoms with van der Waals surface area (Å²) in [5, 5.41) is 0.604. The first kappa shape index (κ1) is 11.3. The molecule has 0 saturated carbocycles. The van der Waals surface area contributed by atoms with Crippen molar-refractivity contribution in [1.82, 2.24) is 4.98 Å². The highest BCUT2D eigenvalue weighted by Gasteiger charge is 1.88. The Balaban J connectivity index is 0.000000218. The summed E-state index contributed by atoms with van der Waals surface area (Å²) in [5.74, 6) is 0. The van der Waals surface area contributed by atoms with E-state index in [0.29, 0.717) is 5.13 Å². The van der Waals surface area contributed by atoms with E-state index in [2.05, 4.69) is 20.9 Å². The highest BCUT2D eigenvalue weighted by atomic mass is 80.0. The summed E-state index contributed by atoms with van der Waals surface area (Å²) < 4.78 is 25.3. The SMILES string of the molecule is Nc1ncc(Br)s1.[O-][Br+2]([O-])O. The van der Waals surface area contributed by atoms with Crippen molar-refractivity contribution in [2.45, 2.75) is 0 Å². The Morgan fingerprint density at radius 1 is 1.73 bits per heavy atom. The quantitative estimate of drug-likeness (QED) is 0.610. The zero-order valence-corrected chi connectivity index (χ0v) is 9.02. The Labute approximate surface area is 80.5 Å². The molecule has 1 heterocycles. The van der Waals surface area contributed by atoms with Crippen molar-refractivity contribution in [2.75, 3.05) is 5.73 Å². The van der Waals surface area contributed by atoms with Crippen LogP contribution in [0.15, 0.2) is 9.98 Å². The van der Waals surface area contributed by atoms with Gasteiger partial charge in [0.2, 0.25) is 0 Å². The first-order valence-corrected chi connectivity index (χ1v) is 5.75. The molecule has 0 bridgehead atoms. The summed E-state index contributed by atoms with van der Waals surface area (Å²) in [4.78, 5) is 3.77. The van der Waals surface area contributed by atoms with Crippen LogP contribution < -0.4 is 14.1 Å². The highest BCUT2D eigenvalue weighted by Crippen LogP contribution is 2.19. The lowest BCUT2D eigenvalue weighted by atomic mass is 11.0. The van der Waals surface area contributed by atoms with Gasteiger partial charge in [0, 0.05) is 0 Å². The number of nitrogen functional groups attached to an aromatic ring is 1. The summed E-state index contributed by atoms with van der Waals surface area (Å²) in [6.45, 7) is 0. The van der Waals surface area contributed by atoms with Crippen LogP contribution in [-0.2, 0) is 0 Å². The van der Waals surface area contributed by atoms with Crippen LogP contribution in [0.25, 0.3) is 0 Å². The molecule has 0 atom stereocenters. The Morgan fingerprint density at radius 2 is 2.18 bits per heavy atom. The molecule has 1 aromatic rings. The summed E-state index contributed by atoms with van der Waals surface area (Å²) >= 11 is 1.24. The van der Waals surface area contributed by atoms with Crippen molar-refractivity contribution in [3.05, 3.63) is 9.98 Å². The van der Waals surface area contributed by atoms with Crippen LogP contribution in [0.2, 0.25) is 0 Å². The minimum absolute atomic E-state index is 0.604. The maximum absolute atomic E-state index is 8.63. The summed E-state index contributed by atoms with van der Waals surface area (Å²) in [7, 11) is 0. The maximum atomic E-state index is 8.63. The first-order valence-electron chi connectivity index (χ1n) is 2.13. The second kappa shape index (κ2) is 5.86. The zero-order chi connectivity index (χ0) is 8.85. The molecule has 11 heavy (non-hydrogen) atoms. The van der Waals surface area contributed by atoms with Gasteiger partial charge in [0.05, 0.1) is 9.98 Å². The van der Waals surface area contributed by atoms with Crippen molar-refractivity contribution in [3.8, 4) is 0 Å². The van der Waals surface area contributed by atoms with Gasteiger partial charge in [-0.2, -0.15) is 0 Å². The predicted molar refractivity (Wildman–Crippen MR) is 36.4 cm³/mol. The van der Waals surface area contributed by atoms with Gasteiger partial charge in [0.15, 0.2) is 5.13 Å². The monoisotopic (exact) mass is 306 g/mol. The Kier molecular flexibility index (Phi) is 6.01. The van der Waals surface area contributed by atoms with Gasteiger partial charge in [-0.15, -0.1) is 0 Å². The molecule has 5 nitrogen and oxygen atoms in total. The molecule has 3 N–H and O–H groups in total. The average Bonchev–Trinajstić information content (AvgIpc) is 2.13. The molecule has 0 aliphatic rings. The van der Waals surface area contributed by atoms with Crippen molar-refractivity contribution in [3.63, 3.8) is 0 Å². The van der Waals surface area contributed by atoms with Crippen LogP contribution in [0.3, 0.4) is 0 Å². The van der Waals surface area contributed by atoms with Gasteiger partial charge in [-0.05, 0) is 20.1 Å². The van der Waals surface area contributed by atoms with Gasteiger partial charge in [0.25, 0.3) is 0 Å². The lowest BCUT2D eigenvalue weighted by molar-refractivity contribution is -1.63. The normalized spacial score (nSPS) is 9.18. The molecule has 0 aliphatic carbocycles. The third kappa shape index (κ3) is 8.17. The molecule has 0 fully saturated rings. The fourth-order valence-corrected chi connectivity index (χ4v) is 1.28. The van der Waals surface area contributed by atoms with E-state index in [1.165, 1.54) is 11.3 Å². The minimum atomic E-state index is -3.40. The van der Waals surface area contributed by atoms with E-state index in [4.69, 9.17) is 18.3 Å². The average molecular weight is 308 g/mol. The maximum Gasteiger partial charge on any atom is 0.433 e. The molecule has 0 saturated heterocycles. The molecule has 8 heteroatoms. The van der Waals surface area contributed by atoms with Crippen molar-refractivity contribution in [2.24, 2.45) is 0 Å². The van der Waals surface area contributed by atoms with E-state index in [9.17, 15) is 0 Å². The van der Waals surface area contributed by atoms with Crippen LogP contribution in [0.5, 0.6) is 0 Å². The van der Waals surface area contributed by atoms with Crippen LogP contribution in [0.4, 0.5) is 5.13 Å². The number of aromatic nitrogens is 1. The Bertz CT molecular complexity index is 187. The molecule has 64 valence electrons. The van der Waals surface area contributed by atoms with Gasteiger partial charge in [-0.3, -0.25) is 0 Å². The third-order valence-corrected chi connectivity index (χ3v) is 1.80. The van der Waals surface area contributed by atoms with Gasteiger partial charge in [-0.25, -0.2) is 4.98 Å². The summed E-state index contributed by atoms with van der Waals surface area (Å²) in [5.41, 5.74) is 5.26. The van der Waals surface area contributed by atoms with Crippen molar-refractivity contribution in [1.29, 1.82) is 0 Å². The summed E-state index contributed by atoms with van der Waals surface area (Å²) in [6.07, 6.45) is 1.68. The van der Waals surface area contributed by atoms with E-state index < -0.39 is 14.8 Å². The van der Waals surface area contributed by atoms with E-state index in [1.54, 1.807) is 6.20 Å². The number of hydrogen-bond donors (Lipinski definition) is 2. The number of halogens is 2. The smallest absolute Gasteiger partial charge is 0.375 e. The number of thiazole rings is 1.